The molecule has 1 aliphatic carbocycles. The normalized spacial score (nSPS) is 22.3. The molecule has 1 N–H and O–H groups in total. The van der Waals surface area contributed by atoms with Crippen LogP contribution >= 0.6 is 0 Å². The fourth-order valence-electron chi connectivity index (χ4n) is 5.11. The molecule has 38 heavy (non-hydrogen) atoms. The van der Waals surface area contributed by atoms with Crippen LogP contribution in [0.25, 0.3) is 0 Å². The van der Waals surface area contributed by atoms with Crippen LogP contribution in [0.4, 0.5) is 16.4 Å². The van der Waals surface area contributed by atoms with Gasteiger partial charge in [-0.05, 0) is 43.7 Å². The van der Waals surface area contributed by atoms with Gasteiger partial charge in [-0.2, -0.15) is 5.26 Å². The number of aryl methyl sites for hydroxylation is 1. The Labute approximate surface area is 220 Å². The highest BCUT2D eigenvalue weighted by atomic mass is 16.5. The maximum absolute atomic E-state index is 13.3. The van der Waals surface area contributed by atoms with Gasteiger partial charge < -0.3 is 14.4 Å². The second-order valence-electron chi connectivity index (χ2n) is 9.95. The lowest BCUT2D eigenvalue weighted by atomic mass is 9.92. The number of nitriles is 1. The molecule has 3 atom stereocenters. The Morgan fingerprint density at radius 2 is 2.08 bits per heavy atom. The smallest absolute Gasteiger partial charge is 0.328 e. The zero-order valence-corrected chi connectivity index (χ0v) is 21.5. The van der Waals surface area contributed by atoms with Crippen molar-refractivity contribution >= 4 is 29.9 Å². The molecule has 2 fully saturated rings. The molecule has 2 aromatic rings. The molecule has 0 aromatic carbocycles. The second-order valence-corrected chi connectivity index (χ2v) is 9.95. The van der Waals surface area contributed by atoms with E-state index in [9.17, 15) is 19.6 Å². The number of hydrogen-bond donors (Lipinski definition) is 1. The van der Waals surface area contributed by atoms with Crippen molar-refractivity contribution in [1.82, 2.24) is 14.9 Å². The van der Waals surface area contributed by atoms with Crippen LogP contribution in [0.1, 0.15) is 59.8 Å². The van der Waals surface area contributed by atoms with Crippen molar-refractivity contribution in [3.8, 4) is 11.8 Å². The number of likely N-dealkylation sites (tertiary alicyclic amines) is 1. The van der Waals surface area contributed by atoms with E-state index in [-0.39, 0.29) is 41.1 Å². The monoisotopic (exact) mass is 518 g/mol. The number of hydrogen-bond acceptors (Lipinski definition) is 8. The van der Waals surface area contributed by atoms with E-state index in [1.54, 1.807) is 12.0 Å². The summed E-state index contributed by atoms with van der Waals surface area (Å²) in [5, 5.41) is 12.2. The number of urea groups is 1. The number of carbonyl (C=O) groups excluding carboxylic acids is 3. The lowest BCUT2D eigenvalue weighted by Crippen LogP contribution is -2.42. The molecule has 4 heterocycles. The van der Waals surface area contributed by atoms with Gasteiger partial charge in [0.25, 0.3) is 0 Å². The fraction of sp³-hybridized carbons (Fsp3) is 0.481. The number of pyridine rings is 2. The van der Waals surface area contributed by atoms with Crippen molar-refractivity contribution in [3.63, 3.8) is 0 Å². The molecule has 1 saturated carbocycles. The molecule has 2 aliphatic heterocycles. The van der Waals surface area contributed by atoms with Crippen LogP contribution in [0.3, 0.4) is 0 Å². The van der Waals surface area contributed by atoms with Gasteiger partial charge in [-0.15, -0.1) is 0 Å². The predicted octanol–water partition coefficient (Wildman–Crippen LogP) is 3.07. The Hall–Kier alpha value is -4.04. The van der Waals surface area contributed by atoms with Crippen molar-refractivity contribution in [3.05, 3.63) is 40.7 Å². The van der Waals surface area contributed by atoms with E-state index in [1.807, 2.05) is 13.0 Å². The Kier molecular flexibility index (Phi) is 7.24. The zero-order chi connectivity index (χ0) is 26.8. The maximum atomic E-state index is 13.3. The molecule has 0 unspecified atom stereocenters. The van der Waals surface area contributed by atoms with Crippen LogP contribution in [0.15, 0.2) is 18.3 Å². The molecule has 0 bridgehead atoms. The van der Waals surface area contributed by atoms with E-state index < -0.39 is 6.03 Å². The average molecular weight is 519 g/mol. The molecule has 0 spiro atoms. The highest BCUT2D eigenvalue weighted by Gasteiger charge is 2.34. The summed E-state index contributed by atoms with van der Waals surface area (Å²) in [6, 6.07) is 5.04. The van der Waals surface area contributed by atoms with Gasteiger partial charge in [0.15, 0.2) is 6.29 Å². The van der Waals surface area contributed by atoms with Gasteiger partial charge in [0.1, 0.15) is 40.8 Å². The number of aromatic nitrogens is 2. The summed E-state index contributed by atoms with van der Waals surface area (Å²) in [6.45, 7) is 3.31. The molecule has 11 heteroatoms. The number of carbonyl (C=O) groups is 3. The molecule has 5 rings (SSSR count). The summed E-state index contributed by atoms with van der Waals surface area (Å²) < 4.78 is 11.4. The number of rotatable bonds is 7. The topological polar surface area (TPSA) is 138 Å². The van der Waals surface area contributed by atoms with Crippen molar-refractivity contribution < 1.29 is 23.9 Å². The number of aldehydes is 1. The van der Waals surface area contributed by atoms with E-state index in [4.69, 9.17) is 9.47 Å². The van der Waals surface area contributed by atoms with Gasteiger partial charge in [-0.3, -0.25) is 19.8 Å². The molecule has 3 amide bonds. The third-order valence-electron chi connectivity index (χ3n) is 7.51. The minimum Gasteiger partial charge on any atom is -0.486 e. The van der Waals surface area contributed by atoms with Crippen LogP contribution in [0, 0.1) is 17.2 Å². The number of nitrogens with one attached hydrogen (secondary N) is 1. The lowest BCUT2D eigenvalue weighted by Gasteiger charge is -2.35. The number of amides is 3. The highest BCUT2D eigenvalue weighted by Crippen LogP contribution is 2.32. The van der Waals surface area contributed by atoms with Gasteiger partial charge in [0.05, 0.1) is 12.3 Å². The largest absolute Gasteiger partial charge is 0.486 e. The standard InChI is InChI=1S/C27H30N6O5/c1-16-7-9-32(26(16)35)14-18-10-17-4-3-8-33(25(17)30-20(18)15-34)27(36)31-24-11-23(19(12-28)13-29-24)38-22-6-5-21(22)37-2/h10-11,13,15-16,21-22H,3-9,14H2,1-2H3,(H,29,31,36)/t16-,21+,22-/m1/s1. The second kappa shape index (κ2) is 10.8. The molecular weight excluding hydrogens is 488 g/mol. The molecule has 198 valence electrons. The minimum absolute atomic E-state index is 0.0173. The average Bonchev–Trinajstić information content (AvgIpc) is 3.22. The van der Waals surface area contributed by atoms with Gasteiger partial charge >= 0.3 is 6.03 Å². The van der Waals surface area contributed by atoms with Gasteiger partial charge in [-0.1, -0.05) is 6.92 Å². The molecule has 2 aromatic heterocycles. The van der Waals surface area contributed by atoms with Crippen LogP contribution in [-0.4, -0.2) is 65.5 Å². The fourth-order valence-corrected chi connectivity index (χ4v) is 5.11. The highest BCUT2D eigenvalue weighted by molar-refractivity contribution is 6.01. The van der Waals surface area contributed by atoms with E-state index in [1.165, 1.54) is 17.2 Å². The minimum atomic E-state index is -0.451. The van der Waals surface area contributed by atoms with Crippen LogP contribution < -0.4 is 15.0 Å². The van der Waals surface area contributed by atoms with Crippen LogP contribution in [0.5, 0.6) is 5.75 Å². The number of fused-ring (bicyclic) bond motifs is 1. The molecular formula is C27H30N6O5. The van der Waals surface area contributed by atoms with Crippen molar-refractivity contribution in [2.45, 2.75) is 57.8 Å². The summed E-state index contributed by atoms with van der Waals surface area (Å²) >= 11 is 0. The third-order valence-corrected chi connectivity index (χ3v) is 7.51. The van der Waals surface area contributed by atoms with Crippen molar-refractivity contribution in [2.24, 2.45) is 5.92 Å². The van der Waals surface area contributed by atoms with E-state index >= 15 is 0 Å². The van der Waals surface area contributed by atoms with Gasteiger partial charge in [0.2, 0.25) is 5.91 Å². The number of ether oxygens (including phenoxy) is 2. The summed E-state index contributed by atoms with van der Waals surface area (Å²) in [7, 11) is 1.62. The predicted molar refractivity (Wildman–Crippen MR) is 137 cm³/mol. The van der Waals surface area contributed by atoms with Crippen molar-refractivity contribution in [2.75, 3.05) is 30.4 Å². The van der Waals surface area contributed by atoms with Crippen molar-refractivity contribution in [1.29, 1.82) is 5.26 Å². The lowest BCUT2D eigenvalue weighted by molar-refractivity contribution is -0.131. The SMILES string of the molecule is CO[C@H]1CC[C@H]1Oc1cc(NC(=O)N2CCCc3cc(CN4CC[C@@H](C)C4=O)c(C=O)nc32)ncc1C#N. The first-order chi connectivity index (χ1) is 18.4. The number of nitrogens with zero attached hydrogens (tertiary/aromatic N) is 5. The van der Waals surface area contributed by atoms with E-state index in [0.717, 1.165) is 31.2 Å². The van der Waals surface area contributed by atoms with E-state index in [0.29, 0.717) is 49.5 Å². The van der Waals surface area contributed by atoms with Crippen LogP contribution in [0.2, 0.25) is 0 Å². The molecule has 0 radical (unpaired) electrons. The van der Waals surface area contributed by atoms with Gasteiger partial charge in [-0.25, -0.2) is 14.8 Å². The number of anilines is 2. The number of methoxy groups -OCH3 is 1. The van der Waals surface area contributed by atoms with Crippen LogP contribution in [-0.2, 0) is 22.5 Å². The quantitative estimate of drug-likeness (QED) is 0.552. The van der Waals surface area contributed by atoms with E-state index in [2.05, 4.69) is 21.4 Å². The maximum Gasteiger partial charge on any atom is 0.328 e. The molecule has 3 aliphatic rings. The van der Waals surface area contributed by atoms with Gasteiger partial charge in [0, 0.05) is 44.3 Å². The summed E-state index contributed by atoms with van der Waals surface area (Å²) in [5.41, 5.74) is 2.02. The Morgan fingerprint density at radius 1 is 1.26 bits per heavy atom. The molecule has 11 nitrogen and oxygen atoms in total. The summed E-state index contributed by atoms with van der Waals surface area (Å²) in [6.07, 6.45) is 5.76. The zero-order valence-electron chi connectivity index (χ0n) is 21.5. The Bertz CT molecular complexity index is 1310. The Balaban J connectivity index is 1.35. The first-order valence-corrected chi connectivity index (χ1v) is 12.9. The Morgan fingerprint density at radius 3 is 2.74 bits per heavy atom. The summed E-state index contributed by atoms with van der Waals surface area (Å²) in [4.78, 5) is 49.6. The summed E-state index contributed by atoms with van der Waals surface area (Å²) in [5.74, 6) is 1.05. The third kappa shape index (κ3) is 4.91. The first kappa shape index (κ1) is 25.6. The first-order valence-electron chi connectivity index (χ1n) is 12.9. The molecule has 1 saturated heterocycles.